The summed E-state index contributed by atoms with van der Waals surface area (Å²) in [4.78, 5) is 27.4. The van der Waals surface area contributed by atoms with Gasteiger partial charge in [0.2, 0.25) is 12.2 Å². The maximum absolute atomic E-state index is 10.2. The van der Waals surface area contributed by atoms with Crippen LogP contribution in [0.5, 0.6) is 0 Å². The number of hydrogen-bond acceptors (Lipinski definition) is 4. The smallest absolute Gasteiger partial charge is 0.211 e. The van der Waals surface area contributed by atoms with Gasteiger partial charge >= 0.3 is 0 Å². The maximum atomic E-state index is 10.2. The minimum absolute atomic E-state index is 0.192. The standard InChI is InChI=1S/C16H28N2O2/c1-2-3-4-5-6-7-8-9-10-11-12-16(18-15-20)13-17-14-19/h16H,2-13H2,1H3. The molecular weight excluding hydrogens is 252 g/mol. The molecule has 114 valence electrons. The number of unbranched alkanes of at least 4 members (excludes halogenated alkanes) is 9. The lowest BCUT2D eigenvalue weighted by atomic mass is 10.0. The summed E-state index contributed by atoms with van der Waals surface area (Å²) in [6, 6.07) is -0.192. The summed E-state index contributed by atoms with van der Waals surface area (Å²) in [7, 11) is 0. The average Bonchev–Trinajstić information content (AvgIpc) is 2.46. The molecule has 0 radical (unpaired) electrons. The number of aliphatic imine (C=N–C) groups is 2. The Labute approximate surface area is 122 Å². The van der Waals surface area contributed by atoms with Crippen LogP contribution in [0, 0.1) is 0 Å². The molecule has 0 fully saturated rings. The third-order valence-electron chi connectivity index (χ3n) is 3.49. The second-order valence-corrected chi connectivity index (χ2v) is 5.28. The van der Waals surface area contributed by atoms with Crippen LogP contribution in [0.2, 0.25) is 0 Å². The van der Waals surface area contributed by atoms with Gasteiger partial charge in [-0.1, -0.05) is 71.1 Å². The van der Waals surface area contributed by atoms with Crippen LogP contribution in [0.25, 0.3) is 0 Å². The summed E-state index contributed by atoms with van der Waals surface area (Å²) < 4.78 is 0. The van der Waals surface area contributed by atoms with Crippen molar-refractivity contribution in [2.24, 2.45) is 9.98 Å². The van der Waals surface area contributed by atoms with Crippen molar-refractivity contribution in [2.75, 3.05) is 6.54 Å². The Morgan fingerprint density at radius 2 is 1.35 bits per heavy atom. The Balaban J connectivity index is 3.40. The first-order valence-electron chi connectivity index (χ1n) is 7.95. The summed E-state index contributed by atoms with van der Waals surface area (Å²) >= 11 is 0. The third kappa shape index (κ3) is 13.2. The molecule has 0 amide bonds. The lowest BCUT2D eigenvalue weighted by Crippen LogP contribution is -2.08. The van der Waals surface area contributed by atoms with Gasteiger partial charge in [-0.05, 0) is 6.42 Å². The summed E-state index contributed by atoms with van der Waals surface area (Å²) in [5.74, 6) is 0. The van der Waals surface area contributed by atoms with E-state index in [4.69, 9.17) is 0 Å². The van der Waals surface area contributed by atoms with Gasteiger partial charge in [-0.25, -0.2) is 19.6 Å². The molecule has 0 rings (SSSR count). The number of carbonyl (C=O) groups excluding carboxylic acids is 2. The first-order valence-corrected chi connectivity index (χ1v) is 7.95. The molecular formula is C16H28N2O2. The van der Waals surface area contributed by atoms with Crippen molar-refractivity contribution in [1.29, 1.82) is 0 Å². The van der Waals surface area contributed by atoms with Gasteiger partial charge in [0.25, 0.3) is 0 Å². The van der Waals surface area contributed by atoms with E-state index in [0.717, 1.165) is 19.3 Å². The quantitative estimate of drug-likeness (QED) is 0.270. The normalized spacial score (nSPS) is 11.4. The molecule has 0 heterocycles. The van der Waals surface area contributed by atoms with Crippen molar-refractivity contribution < 1.29 is 9.59 Å². The predicted molar refractivity (Wildman–Crippen MR) is 81.4 cm³/mol. The van der Waals surface area contributed by atoms with E-state index in [2.05, 4.69) is 16.9 Å². The summed E-state index contributed by atoms with van der Waals surface area (Å²) in [5.41, 5.74) is 0. The Bertz CT molecular complexity index is 306. The van der Waals surface area contributed by atoms with Crippen molar-refractivity contribution in [3.05, 3.63) is 0 Å². The predicted octanol–water partition coefficient (Wildman–Crippen LogP) is 4.34. The zero-order valence-electron chi connectivity index (χ0n) is 12.8. The van der Waals surface area contributed by atoms with Gasteiger partial charge in [-0.15, -0.1) is 0 Å². The highest BCUT2D eigenvalue weighted by Crippen LogP contribution is 2.12. The molecule has 1 unspecified atom stereocenters. The molecule has 0 aliphatic heterocycles. The zero-order valence-corrected chi connectivity index (χ0v) is 12.8. The minimum Gasteiger partial charge on any atom is -0.211 e. The summed E-state index contributed by atoms with van der Waals surface area (Å²) in [5, 5.41) is 0. The van der Waals surface area contributed by atoms with E-state index in [9.17, 15) is 9.59 Å². The Kier molecular flexibility index (Phi) is 14.8. The second kappa shape index (κ2) is 15.8. The number of hydrogen-bond donors (Lipinski definition) is 0. The van der Waals surface area contributed by atoms with Crippen molar-refractivity contribution in [2.45, 2.75) is 83.6 Å². The molecule has 0 aliphatic rings. The topological polar surface area (TPSA) is 58.9 Å². The zero-order chi connectivity index (χ0) is 14.9. The van der Waals surface area contributed by atoms with Gasteiger partial charge in [0.15, 0.2) is 0 Å². The van der Waals surface area contributed by atoms with E-state index in [0.29, 0.717) is 0 Å². The molecule has 4 nitrogen and oxygen atoms in total. The average molecular weight is 280 g/mol. The molecule has 0 spiro atoms. The van der Waals surface area contributed by atoms with Crippen LogP contribution in [-0.4, -0.2) is 24.7 Å². The van der Waals surface area contributed by atoms with Gasteiger partial charge in [0.05, 0.1) is 12.6 Å². The Morgan fingerprint density at radius 1 is 0.800 bits per heavy atom. The first-order chi connectivity index (χ1) is 9.85. The molecule has 0 bridgehead atoms. The first kappa shape index (κ1) is 18.8. The summed E-state index contributed by atoms with van der Waals surface area (Å²) in [6.45, 7) is 2.50. The highest BCUT2D eigenvalue weighted by molar-refractivity contribution is 5.35. The van der Waals surface area contributed by atoms with Gasteiger partial charge in [-0.2, -0.15) is 0 Å². The van der Waals surface area contributed by atoms with Gasteiger partial charge in [0, 0.05) is 0 Å². The minimum atomic E-state index is -0.192. The largest absolute Gasteiger partial charge is 0.235 e. The molecule has 0 N–H and O–H groups in total. The SMILES string of the molecule is CCCCCCCCCCCCC(CN=C=O)N=C=O. The van der Waals surface area contributed by atoms with Crippen molar-refractivity contribution in [3.8, 4) is 0 Å². The number of isocyanates is 2. The van der Waals surface area contributed by atoms with Crippen LogP contribution < -0.4 is 0 Å². The number of nitrogens with zero attached hydrogens (tertiary/aromatic N) is 2. The molecule has 20 heavy (non-hydrogen) atoms. The van der Waals surface area contributed by atoms with E-state index in [-0.39, 0.29) is 12.6 Å². The van der Waals surface area contributed by atoms with Crippen molar-refractivity contribution >= 4 is 12.2 Å². The monoisotopic (exact) mass is 280 g/mol. The van der Waals surface area contributed by atoms with Crippen LogP contribution in [0.3, 0.4) is 0 Å². The lowest BCUT2D eigenvalue weighted by molar-refractivity contribution is 0.515. The van der Waals surface area contributed by atoms with Gasteiger partial charge in [-0.3, -0.25) is 0 Å². The van der Waals surface area contributed by atoms with Crippen molar-refractivity contribution in [1.82, 2.24) is 0 Å². The van der Waals surface area contributed by atoms with Crippen LogP contribution >= 0.6 is 0 Å². The van der Waals surface area contributed by atoms with E-state index in [1.54, 1.807) is 6.08 Å². The highest BCUT2D eigenvalue weighted by Gasteiger charge is 2.05. The summed E-state index contributed by atoms with van der Waals surface area (Å²) in [6.07, 6.45) is 16.6. The Morgan fingerprint density at radius 3 is 1.85 bits per heavy atom. The fourth-order valence-corrected chi connectivity index (χ4v) is 2.28. The molecule has 0 aromatic carbocycles. The molecule has 0 saturated heterocycles. The molecule has 1 atom stereocenters. The fourth-order valence-electron chi connectivity index (χ4n) is 2.28. The third-order valence-corrected chi connectivity index (χ3v) is 3.49. The highest BCUT2D eigenvalue weighted by atomic mass is 16.1. The molecule has 0 aromatic rings. The van der Waals surface area contributed by atoms with E-state index in [1.165, 1.54) is 57.4 Å². The lowest BCUT2D eigenvalue weighted by Gasteiger charge is -2.06. The molecule has 4 heteroatoms. The molecule has 0 aliphatic carbocycles. The molecule has 0 saturated carbocycles. The second-order valence-electron chi connectivity index (χ2n) is 5.28. The van der Waals surface area contributed by atoms with Crippen LogP contribution in [-0.2, 0) is 9.59 Å². The van der Waals surface area contributed by atoms with E-state index in [1.807, 2.05) is 0 Å². The maximum Gasteiger partial charge on any atom is 0.235 e. The van der Waals surface area contributed by atoms with Crippen molar-refractivity contribution in [3.63, 3.8) is 0 Å². The molecule has 0 aromatic heterocycles. The van der Waals surface area contributed by atoms with Gasteiger partial charge < -0.3 is 0 Å². The number of rotatable bonds is 14. The van der Waals surface area contributed by atoms with Crippen LogP contribution in [0.15, 0.2) is 9.98 Å². The van der Waals surface area contributed by atoms with Crippen LogP contribution in [0.4, 0.5) is 0 Å². The van der Waals surface area contributed by atoms with Crippen LogP contribution in [0.1, 0.15) is 77.6 Å². The van der Waals surface area contributed by atoms with E-state index >= 15 is 0 Å². The Hall–Kier alpha value is -1.24. The van der Waals surface area contributed by atoms with E-state index < -0.39 is 0 Å². The fraction of sp³-hybridized carbons (Fsp3) is 0.875. The van der Waals surface area contributed by atoms with Gasteiger partial charge in [0.1, 0.15) is 0 Å².